The zero-order valence-electron chi connectivity index (χ0n) is 11.7. The lowest BCUT2D eigenvalue weighted by Crippen LogP contribution is -2.44. The molecule has 1 aliphatic heterocycles. The van der Waals surface area contributed by atoms with Gasteiger partial charge < -0.3 is 4.90 Å². The number of piperidine rings is 1. The SMILES string of the molecule is CC(=O)C1CCCCN1c1cc(C)nc(C)c1C#N. The summed E-state index contributed by atoms with van der Waals surface area (Å²) in [5.41, 5.74) is 3.09. The Balaban J connectivity index is 2.50. The molecule has 1 aromatic heterocycles. The van der Waals surface area contributed by atoms with Gasteiger partial charge in [0.1, 0.15) is 6.07 Å². The minimum atomic E-state index is -0.0953. The van der Waals surface area contributed by atoms with Crippen molar-refractivity contribution in [3.05, 3.63) is 23.0 Å². The summed E-state index contributed by atoms with van der Waals surface area (Å²) in [7, 11) is 0. The Morgan fingerprint density at radius 3 is 2.84 bits per heavy atom. The smallest absolute Gasteiger partial charge is 0.152 e. The third-order valence-corrected chi connectivity index (χ3v) is 3.70. The van der Waals surface area contributed by atoms with Crippen LogP contribution in [-0.2, 0) is 4.79 Å². The molecule has 0 amide bonds. The molecule has 0 spiro atoms. The first-order valence-electron chi connectivity index (χ1n) is 6.70. The van der Waals surface area contributed by atoms with Crippen molar-refractivity contribution in [1.29, 1.82) is 5.26 Å². The molecule has 1 fully saturated rings. The number of ketones is 1. The van der Waals surface area contributed by atoms with E-state index < -0.39 is 0 Å². The fraction of sp³-hybridized carbons (Fsp3) is 0.533. The van der Waals surface area contributed by atoms with Crippen LogP contribution in [0, 0.1) is 25.2 Å². The van der Waals surface area contributed by atoms with Gasteiger partial charge in [-0.3, -0.25) is 9.78 Å². The van der Waals surface area contributed by atoms with Gasteiger partial charge in [0.25, 0.3) is 0 Å². The molecule has 1 unspecified atom stereocenters. The van der Waals surface area contributed by atoms with E-state index in [-0.39, 0.29) is 11.8 Å². The summed E-state index contributed by atoms with van der Waals surface area (Å²) >= 11 is 0. The van der Waals surface area contributed by atoms with Crippen molar-refractivity contribution in [2.24, 2.45) is 0 Å². The van der Waals surface area contributed by atoms with Crippen molar-refractivity contribution in [1.82, 2.24) is 4.98 Å². The second kappa shape index (κ2) is 5.40. The fourth-order valence-electron chi connectivity index (χ4n) is 2.82. The van der Waals surface area contributed by atoms with Crippen LogP contribution >= 0.6 is 0 Å². The standard InChI is InChI=1S/C15H19N3O/c1-10-8-15(13(9-16)11(2)17-10)18-7-5-4-6-14(18)12(3)19/h8,14H,4-7H2,1-3H3. The van der Waals surface area contributed by atoms with Gasteiger partial charge in [-0.15, -0.1) is 0 Å². The van der Waals surface area contributed by atoms with Gasteiger partial charge in [0, 0.05) is 12.2 Å². The van der Waals surface area contributed by atoms with Crippen LogP contribution in [-0.4, -0.2) is 23.4 Å². The van der Waals surface area contributed by atoms with Crippen LogP contribution in [0.5, 0.6) is 0 Å². The van der Waals surface area contributed by atoms with Crippen LogP contribution < -0.4 is 4.90 Å². The van der Waals surface area contributed by atoms with Crippen molar-refractivity contribution in [3.63, 3.8) is 0 Å². The Morgan fingerprint density at radius 1 is 1.47 bits per heavy atom. The van der Waals surface area contributed by atoms with Gasteiger partial charge in [-0.25, -0.2) is 0 Å². The van der Waals surface area contributed by atoms with Gasteiger partial charge in [0.2, 0.25) is 0 Å². The molecule has 0 aliphatic carbocycles. The normalized spacial score (nSPS) is 19.1. The molecule has 0 radical (unpaired) electrons. The highest BCUT2D eigenvalue weighted by Crippen LogP contribution is 2.29. The summed E-state index contributed by atoms with van der Waals surface area (Å²) in [6.07, 6.45) is 3.02. The number of carbonyl (C=O) groups is 1. The number of rotatable bonds is 2. The molecule has 1 aliphatic rings. The predicted octanol–water partition coefficient (Wildman–Crippen LogP) is 2.52. The third kappa shape index (κ3) is 2.60. The van der Waals surface area contributed by atoms with Gasteiger partial charge in [0.15, 0.2) is 5.78 Å². The molecule has 1 aromatic rings. The topological polar surface area (TPSA) is 57.0 Å². The highest BCUT2D eigenvalue weighted by molar-refractivity contribution is 5.86. The Bertz CT molecular complexity index is 545. The summed E-state index contributed by atoms with van der Waals surface area (Å²) in [5.74, 6) is 0.177. The van der Waals surface area contributed by atoms with E-state index in [4.69, 9.17) is 0 Å². The summed E-state index contributed by atoms with van der Waals surface area (Å²) < 4.78 is 0. The lowest BCUT2D eigenvalue weighted by Gasteiger charge is -2.36. The van der Waals surface area contributed by atoms with Gasteiger partial charge in [-0.1, -0.05) is 0 Å². The second-order valence-corrected chi connectivity index (χ2v) is 5.17. The summed E-state index contributed by atoms with van der Waals surface area (Å²) in [5, 5.41) is 9.34. The monoisotopic (exact) mass is 257 g/mol. The van der Waals surface area contributed by atoms with Gasteiger partial charge in [-0.2, -0.15) is 5.26 Å². The third-order valence-electron chi connectivity index (χ3n) is 3.70. The lowest BCUT2D eigenvalue weighted by molar-refractivity contribution is -0.118. The van der Waals surface area contributed by atoms with E-state index in [2.05, 4.69) is 16.0 Å². The summed E-state index contributed by atoms with van der Waals surface area (Å²) in [4.78, 5) is 18.2. The summed E-state index contributed by atoms with van der Waals surface area (Å²) in [6, 6.07) is 4.06. The molecular weight excluding hydrogens is 238 g/mol. The number of nitrogens with zero attached hydrogens (tertiary/aromatic N) is 3. The van der Waals surface area contributed by atoms with Crippen LogP contribution in [0.4, 0.5) is 5.69 Å². The average Bonchev–Trinajstić information content (AvgIpc) is 2.37. The lowest BCUT2D eigenvalue weighted by atomic mass is 9.97. The van der Waals surface area contributed by atoms with Crippen molar-refractivity contribution >= 4 is 11.5 Å². The van der Waals surface area contributed by atoms with Crippen molar-refractivity contribution in [3.8, 4) is 6.07 Å². The van der Waals surface area contributed by atoms with Crippen LogP contribution in [0.15, 0.2) is 6.07 Å². The first-order chi connectivity index (χ1) is 9.04. The minimum absolute atomic E-state index is 0.0953. The largest absolute Gasteiger partial charge is 0.360 e. The molecule has 0 N–H and O–H groups in total. The number of nitriles is 1. The quantitative estimate of drug-likeness (QED) is 0.817. The molecule has 2 rings (SSSR count). The Morgan fingerprint density at radius 2 is 2.21 bits per heavy atom. The number of hydrogen-bond donors (Lipinski definition) is 0. The van der Waals surface area contributed by atoms with Crippen LogP contribution in [0.3, 0.4) is 0 Å². The van der Waals surface area contributed by atoms with Crippen molar-refractivity contribution in [2.45, 2.75) is 46.1 Å². The van der Waals surface area contributed by atoms with Crippen LogP contribution in [0.2, 0.25) is 0 Å². The zero-order valence-corrected chi connectivity index (χ0v) is 11.7. The number of hydrogen-bond acceptors (Lipinski definition) is 4. The number of aryl methyl sites for hydroxylation is 2. The number of anilines is 1. The number of Topliss-reactive ketones (excluding diaryl/α,β-unsaturated/α-hetero) is 1. The Hall–Kier alpha value is -1.89. The second-order valence-electron chi connectivity index (χ2n) is 5.17. The van der Waals surface area contributed by atoms with E-state index in [9.17, 15) is 10.1 Å². The minimum Gasteiger partial charge on any atom is -0.360 e. The number of aromatic nitrogens is 1. The van der Waals surface area contributed by atoms with E-state index in [0.29, 0.717) is 5.56 Å². The van der Waals surface area contributed by atoms with Crippen molar-refractivity contribution in [2.75, 3.05) is 11.4 Å². The molecule has 0 saturated carbocycles. The van der Waals surface area contributed by atoms with Gasteiger partial charge in [-0.05, 0) is 46.1 Å². The number of pyridine rings is 1. The first-order valence-corrected chi connectivity index (χ1v) is 6.70. The maximum absolute atomic E-state index is 11.8. The molecule has 1 atom stereocenters. The number of carbonyl (C=O) groups excluding carboxylic acids is 1. The van der Waals surface area contributed by atoms with E-state index >= 15 is 0 Å². The Labute approximate surface area is 114 Å². The molecule has 100 valence electrons. The summed E-state index contributed by atoms with van der Waals surface area (Å²) in [6.45, 7) is 6.24. The van der Waals surface area contributed by atoms with E-state index in [1.54, 1.807) is 6.92 Å². The van der Waals surface area contributed by atoms with E-state index in [1.807, 2.05) is 19.9 Å². The maximum atomic E-state index is 11.8. The highest BCUT2D eigenvalue weighted by atomic mass is 16.1. The van der Waals surface area contributed by atoms with E-state index in [1.165, 1.54) is 0 Å². The first kappa shape index (κ1) is 13.5. The van der Waals surface area contributed by atoms with Crippen molar-refractivity contribution < 1.29 is 4.79 Å². The molecule has 1 saturated heterocycles. The van der Waals surface area contributed by atoms with Gasteiger partial charge >= 0.3 is 0 Å². The Kier molecular flexibility index (Phi) is 3.84. The predicted molar refractivity (Wildman–Crippen MR) is 74.1 cm³/mol. The molecule has 4 nitrogen and oxygen atoms in total. The molecule has 0 bridgehead atoms. The zero-order chi connectivity index (χ0) is 14.0. The fourth-order valence-corrected chi connectivity index (χ4v) is 2.82. The molecule has 2 heterocycles. The van der Waals surface area contributed by atoms with Crippen LogP contribution in [0.25, 0.3) is 0 Å². The molecule has 4 heteroatoms. The van der Waals surface area contributed by atoms with E-state index in [0.717, 1.165) is 42.9 Å². The van der Waals surface area contributed by atoms with Crippen LogP contribution in [0.1, 0.15) is 43.1 Å². The molecular formula is C15H19N3O. The molecule has 0 aromatic carbocycles. The molecule has 19 heavy (non-hydrogen) atoms. The maximum Gasteiger partial charge on any atom is 0.152 e. The highest BCUT2D eigenvalue weighted by Gasteiger charge is 2.28. The van der Waals surface area contributed by atoms with Gasteiger partial charge in [0.05, 0.1) is 23.0 Å². The average molecular weight is 257 g/mol.